The molecule has 1 aromatic carbocycles. The molecule has 0 amide bonds. The highest BCUT2D eigenvalue weighted by Crippen LogP contribution is 2.12. The van der Waals surface area contributed by atoms with E-state index in [0.717, 1.165) is 15.6 Å². The Balaban J connectivity index is 2.94. The Labute approximate surface area is 118 Å². The maximum atomic E-state index is 5.19. The van der Waals surface area contributed by atoms with Crippen LogP contribution in [0.15, 0.2) is 32.9 Å². The number of halogens is 1. The maximum absolute atomic E-state index is 5.19. The molecule has 0 heterocycles. The second-order valence-electron chi connectivity index (χ2n) is 3.44. The zero-order valence-corrected chi connectivity index (χ0v) is 11.6. The van der Waals surface area contributed by atoms with Gasteiger partial charge in [-0.15, -0.1) is 10.2 Å². The van der Waals surface area contributed by atoms with Crippen LogP contribution in [-0.4, -0.2) is 24.3 Å². The van der Waals surface area contributed by atoms with Gasteiger partial charge in [-0.2, -0.15) is 0 Å². The van der Waals surface area contributed by atoms with E-state index in [1.165, 1.54) is 0 Å². The average Bonchev–Trinajstić information content (AvgIpc) is 2.27. The predicted molar refractivity (Wildman–Crippen MR) is 78.0 cm³/mol. The van der Waals surface area contributed by atoms with E-state index in [4.69, 9.17) is 22.9 Å². The molecular formula is C10H15BrN8+2. The third-order valence-electron chi connectivity index (χ3n) is 1.79. The van der Waals surface area contributed by atoms with E-state index in [1.54, 1.807) is 12.4 Å². The molecule has 0 atom stereocenters. The Bertz CT molecular complexity index is 506. The summed E-state index contributed by atoms with van der Waals surface area (Å²) in [7, 11) is 0. The predicted octanol–water partition coefficient (Wildman–Crippen LogP) is -4.18. The minimum Gasteiger partial charge on any atom is -0.365 e. The van der Waals surface area contributed by atoms with Crippen molar-refractivity contribution in [1.82, 2.24) is 0 Å². The van der Waals surface area contributed by atoms with Gasteiger partial charge in [-0.05, 0) is 18.2 Å². The molecule has 19 heavy (non-hydrogen) atoms. The van der Waals surface area contributed by atoms with E-state index < -0.39 is 0 Å². The maximum Gasteiger partial charge on any atom is 0.256 e. The van der Waals surface area contributed by atoms with Gasteiger partial charge < -0.3 is 22.9 Å². The van der Waals surface area contributed by atoms with E-state index in [9.17, 15) is 0 Å². The average molecular weight is 327 g/mol. The third kappa shape index (κ3) is 6.17. The first-order valence-corrected chi connectivity index (χ1v) is 5.92. The Morgan fingerprint density at radius 1 is 0.895 bits per heavy atom. The largest absolute Gasteiger partial charge is 0.365 e. The molecule has 0 aliphatic rings. The molecular weight excluding hydrogens is 312 g/mol. The van der Waals surface area contributed by atoms with Crippen LogP contribution in [0.5, 0.6) is 0 Å². The number of nitrogens with one attached hydrogen (secondary N) is 2. The third-order valence-corrected chi connectivity index (χ3v) is 2.25. The summed E-state index contributed by atoms with van der Waals surface area (Å²) in [4.78, 5) is 0. The lowest BCUT2D eigenvalue weighted by Crippen LogP contribution is -2.64. The second-order valence-corrected chi connectivity index (χ2v) is 4.35. The normalized spacial score (nSPS) is 10.8. The lowest BCUT2D eigenvalue weighted by atomic mass is 10.1. The van der Waals surface area contributed by atoms with Crippen molar-refractivity contribution in [2.75, 3.05) is 0 Å². The second kappa shape index (κ2) is 7.11. The fourth-order valence-electron chi connectivity index (χ4n) is 1.17. The highest BCUT2D eigenvalue weighted by molar-refractivity contribution is 9.10. The summed E-state index contributed by atoms with van der Waals surface area (Å²) in [6.45, 7) is 0. The standard InChI is InChI=1S/C10H13BrN8/c11-8-2-6(4-16-18-9(12)13)1-7(3-8)5-17-19-10(14)15/h1-5H,(H4,12,13,18)(H4,14,15,19)/p+2. The molecule has 1 aromatic rings. The van der Waals surface area contributed by atoms with E-state index in [2.05, 4.69) is 36.3 Å². The van der Waals surface area contributed by atoms with Gasteiger partial charge in [0.2, 0.25) is 12.4 Å². The molecule has 0 fully saturated rings. The van der Waals surface area contributed by atoms with Gasteiger partial charge in [0.15, 0.2) is 0 Å². The molecule has 8 nitrogen and oxygen atoms in total. The lowest BCUT2D eigenvalue weighted by molar-refractivity contribution is -0.456. The summed E-state index contributed by atoms with van der Waals surface area (Å²) in [5, 5.41) is 12.5. The molecule has 0 bridgehead atoms. The van der Waals surface area contributed by atoms with Gasteiger partial charge in [-0.25, -0.2) is 0 Å². The molecule has 0 spiro atoms. The number of rotatable bonds is 4. The molecule has 10 N–H and O–H groups in total. The quantitative estimate of drug-likeness (QED) is 0.188. The SMILES string of the molecule is NC(N)=N[NH+]=Cc1cc(Br)cc(C=[NH+]N=C(N)N)c1. The summed E-state index contributed by atoms with van der Waals surface area (Å²) in [5.41, 5.74) is 22.5. The van der Waals surface area contributed by atoms with Gasteiger partial charge in [0.25, 0.3) is 11.9 Å². The Kier molecular flexibility index (Phi) is 5.48. The number of nitrogens with two attached hydrogens (primary N) is 4. The first-order valence-electron chi connectivity index (χ1n) is 5.12. The van der Waals surface area contributed by atoms with Crippen LogP contribution in [0.25, 0.3) is 0 Å². The van der Waals surface area contributed by atoms with Crippen LogP contribution in [0.2, 0.25) is 0 Å². The van der Waals surface area contributed by atoms with Crippen molar-refractivity contribution < 1.29 is 10.2 Å². The molecule has 0 aromatic heterocycles. The van der Waals surface area contributed by atoms with Crippen molar-refractivity contribution in [3.63, 3.8) is 0 Å². The van der Waals surface area contributed by atoms with Crippen LogP contribution < -0.4 is 33.1 Å². The van der Waals surface area contributed by atoms with Crippen LogP contribution in [0.1, 0.15) is 11.1 Å². The van der Waals surface area contributed by atoms with Crippen molar-refractivity contribution in [3.05, 3.63) is 33.8 Å². The van der Waals surface area contributed by atoms with Crippen molar-refractivity contribution in [2.45, 2.75) is 0 Å². The van der Waals surface area contributed by atoms with E-state index in [0.29, 0.717) is 0 Å². The van der Waals surface area contributed by atoms with Crippen LogP contribution in [0, 0.1) is 0 Å². The van der Waals surface area contributed by atoms with Gasteiger partial charge >= 0.3 is 0 Å². The Hall–Kier alpha value is -2.42. The van der Waals surface area contributed by atoms with Crippen LogP contribution in [0.3, 0.4) is 0 Å². The van der Waals surface area contributed by atoms with Gasteiger partial charge in [0.1, 0.15) is 0 Å². The van der Waals surface area contributed by atoms with E-state index in [-0.39, 0.29) is 11.9 Å². The summed E-state index contributed by atoms with van der Waals surface area (Å²) in [6.07, 6.45) is 3.28. The van der Waals surface area contributed by atoms with Gasteiger partial charge in [-0.1, -0.05) is 15.9 Å². The highest BCUT2D eigenvalue weighted by atomic mass is 79.9. The Morgan fingerprint density at radius 2 is 1.32 bits per heavy atom. The van der Waals surface area contributed by atoms with Gasteiger partial charge in [0, 0.05) is 25.8 Å². The molecule has 0 saturated carbocycles. The van der Waals surface area contributed by atoms with Crippen molar-refractivity contribution in [1.29, 1.82) is 0 Å². The monoisotopic (exact) mass is 326 g/mol. The first kappa shape index (κ1) is 14.6. The smallest absolute Gasteiger partial charge is 0.256 e. The number of benzene rings is 1. The van der Waals surface area contributed by atoms with Crippen LogP contribution >= 0.6 is 15.9 Å². The van der Waals surface area contributed by atoms with Gasteiger partial charge in [-0.3, -0.25) is 0 Å². The zero-order chi connectivity index (χ0) is 14.3. The van der Waals surface area contributed by atoms with Crippen molar-refractivity contribution >= 4 is 40.3 Å². The fraction of sp³-hybridized carbons (Fsp3) is 0. The molecule has 9 heteroatoms. The molecule has 0 unspecified atom stereocenters. The lowest BCUT2D eigenvalue weighted by Gasteiger charge is -1.94. The molecule has 0 aliphatic heterocycles. The minimum absolute atomic E-state index is 0.0487. The van der Waals surface area contributed by atoms with E-state index >= 15 is 0 Å². The molecule has 100 valence electrons. The summed E-state index contributed by atoms with van der Waals surface area (Å²) < 4.78 is 0.880. The van der Waals surface area contributed by atoms with Crippen molar-refractivity contribution in [2.24, 2.45) is 33.1 Å². The topological polar surface area (TPSA) is 157 Å². The molecule has 0 radical (unpaired) electrons. The Morgan fingerprint density at radius 3 is 1.68 bits per heavy atom. The first-order chi connectivity index (χ1) is 8.97. The fourth-order valence-corrected chi connectivity index (χ4v) is 1.69. The minimum atomic E-state index is -0.0487. The summed E-state index contributed by atoms with van der Waals surface area (Å²) in [5.74, 6) is -0.0973. The zero-order valence-electron chi connectivity index (χ0n) is 9.97. The number of hydrogen-bond donors (Lipinski definition) is 6. The number of hydrogen-bond acceptors (Lipinski definition) is 2. The van der Waals surface area contributed by atoms with Crippen molar-refractivity contribution in [3.8, 4) is 0 Å². The van der Waals surface area contributed by atoms with Gasteiger partial charge in [0.05, 0.1) is 0 Å². The molecule has 0 aliphatic carbocycles. The number of nitrogens with zero attached hydrogens (tertiary/aromatic N) is 2. The van der Waals surface area contributed by atoms with Crippen LogP contribution in [-0.2, 0) is 0 Å². The molecule has 0 saturated heterocycles. The highest BCUT2D eigenvalue weighted by Gasteiger charge is 2.00. The van der Waals surface area contributed by atoms with Crippen LogP contribution in [0.4, 0.5) is 0 Å². The van der Waals surface area contributed by atoms with E-state index in [1.807, 2.05) is 18.2 Å². The summed E-state index contributed by atoms with van der Waals surface area (Å²) >= 11 is 3.39. The molecule has 1 rings (SSSR count). The number of hydrazone groups is 2. The summed E-state index contributed by atoms with van der Waals surface area (Å²) in [6, 6.07) is 5.63. The number of guanidine groups is 2.